The summed E-state index contributed by atoms with van der Waals surface area (Å²) in [5, 5.41) is 0. The Hall–Kier alpha value is -2.96. The Balaban J connectivity index is 1.43. The molecule has 0 saturated carbocycles. The predicted octanol–water partition coefficient (Wildman–Crippen LogP) is 2.51. The van der Waals surface area contributed by atoms with Crippen LogP contribution in [0.25, 0.3) is 0 Å². The Morgan fingerprint density at radius 3 is 2.77 bits per heavy atom. The summed E-state index contributed by atoms with van der Waals surface area (Å²) in [5.74, 6) is 2.94. The van der Waals surface area contributed by atoms with Gasteiger partial charge in [-0.3, -0.25) is 4.98 Å². The average Bonchev–Trinajstić information content (AvgIpc) is 3.17. The molecule has 26 heavy (non-hydrogen) atoms. The first-order valence-electron chi connectivity index (χ1n) is 8.85. The van der Waals surface area contributed by atoms with Crippen LogP contribution in [0.2, 0.25) is 0 Å². The van der Waals surface area contributed by atoms with Crippen LogP contribution in [-0.2, 0) is 6.54 Å². The molecule has 0 spiro atoms. The first-order valence-corrected chi connectivity index (χ1v) is 8.85. The highest BCUT2D eigenvalue weighted by atomic mass is 16.5. The summed E-state index contributed by atoms with van der Waals surface area (Å²) in [6, 6.07) is 5.84. The molecule has 3 aromatic heterocycles. The normalized spacial score (nSPS) is 15.2. The molecule has 0 radical (unpaired) electrons. The minimum atomic E-state index is 0.448. The molecular formula is C19H22N6O. The third-order valence-electron chi connectivity index (χ3n) is 4.79. The maximum atomic E-state index is 5.20. The van der Waals surface area contributed by atoms with Crippen LogP contribution < -0.4 is 9.64 Å². The van der Waals surface area contributed by atoms with Crippen LogP contribution >= 0.6 is 0 Å². The van der Waals surface area contributed by atoms with Gasteiger partial charge in [0.15, 0.2) is 0 Å². The lowest BCUT2D eigenvalue weighted by molar-refractivity contribution is 0.395. The SMILES string of the molecule is COc1ccnc(N2CCC(c3nccn3Cc3cccnc3)CC2)n1. The summed E-state index contributed by atoms with van der Waals surface area (Å²) in [7, 11) is 1.63. The highest BCUT2D eigenvalue weighted by molar-refractivity contribution is 5.33. The first-order chi connectivity index (χ1) is 12.8. The van der Waals surface area contributed by atoms with Crippen LogP contribution in [0.5, 0.6) is 5.88 Å². The quantitative estimate of drug-likeness (QED) is 0.704. The van der Waals surface area contributed by atoms with Crippen LogP contribution in [-0.4, -0.2) is 44.7 Å². The molecule has 7 heteroatoms. The fourth-order valence-electron chi connectivity index (χ4n) is 3.44. The number of aromatic nitrogens is 5. The molecule has 0 atom stereocenters. The van der Waals surface area contributed by atoms with E-state index in [4.69, 9.17) is 4.74 Å². The van der Waals surface area contributed by atoms with Crippen LogP contribution in [0.3, 0.4) is 0 Å². The topological polar surface area (TPSA) is 69.0 Å². The molecule has 4 heterocycles. The number of imidazole rings is 1. The van der Waals surface area contributed by atoms with Gasteiger partial charge in [-0.25, -0.2) is 9.97 Å². The van der Waals surface area contributed by atoms with E-state index >= 15 is 0 Å². The second-order valence-electron chi connectivity index (χ2n) is 6.43. The Morgan fingerprint density at radius 1 is 1.12 bits per heavy atom. The predicted molar refractivity (Wildman–Crippen MR) is 98.3 cm³/mol. The Labute approximate surface area is 152 Å². The van der Waals surface area contributed by atoms with E-state index in [9.17, 15) is 0 Å². The highest BCUT2D eigenvalue weighted by Crippen LogP contribution is 2.29. The van der Waals surface area contributed by atoms with E-state index in [1.807, 2.05) is 18.5 Å². The standard InChI is InChI=1S/C19H22N6O/c1-26-17-4-8-22-19(23-17)24-10-5-16(6-11-24)18-21-9-12-25(18)14-15-3-2-7-20-13-15/h2-4,7-9,12-13,16H,5-6,10-11,14H2,1H3. The summed E-state index contributed by atoms with van der Waals surface area (Å²) in [6.45, 7) is 2.64. The minimum Gasteiger partial charge on any atom is -0.481 e. The summed E-state index contributed by atoms with van der Waals surface area (Å²) < 4.78 is 7.44. The largest absolute Gasteiger partial charge is 0.481 e. The van der Waals surface area contributed by atoms with E-state index in [2.05, 4.69) is 41.7 Å². The van der Waals surface area contributed by atoms with E-state index in [1.165, 1.54) is 5.56 Å². The second-order valence-corrected chi connectivity index (χ2v) is 6.43. The van der Waals surface area contributed by atoms with Gasteiger partial charge in [0.1, 0.15) is 5.82 Å². The van der Waals surface area contributed by atoms with Crippen molar-refractivity contribution in [3.8, 4) is 5.88 Å². The summed E-state index contributed by atoms with van der Waals surface area (Å²) in [6.07, 6.45) is 11.5. The second kappa shape index (κ2) is 7.51. The molecule has 0 aliphatic carbocycles. The van der Waals surface area contributed by atoms with Gasteiger partial charge in [0.05, 0.1) is 13.7 Å². The molecule has 3 aromatic rings. The van der Waals surface area contributed by atoms with E-state index in [0.29, 0.717) is 11.8 Å². The maximum absolute atomic E-state index is 5.20. The van der Waals surface area contributed by atoms with E-state index in [-0.39, 0.29) is 0 Å². The molecule has 0 amide bonds. The van der Waals surface area contributed by atoms with Gasteiger partial charge >= 0.3 is 0 Å². The Kier molecular flexibility index (Phi) is 4.77. The number of hydrogen-bond donors (Lipinski definition) is 0. The number of nitrogens with zero attached hydrogens (tertiary/aromatic N) is 6. The van der Waals surface area contributed by atoms with Crippen LogP contribution in [0, 0.1) is 0 Å². The lowest BCUT2D eigenvalue weighted by Gasteiger charge is -2.32. The van der Waals surface area contributed by atoms with Crippen molar-refractivity contribution in [2.45, 2.75) is 25.3 Å². The molecule has 7 nitrogen and oxygen atoms in total. The van der Waals surface area contributed by atoms with E-state index in [0.717, 1.165) is 44.2 Å². The van der Waals surface area contributed by atoms with Gasteiger partial charge in [-0.2, -0.15) is 4.98 Å². The number of pyridine rings is 1. The van der Waals surface area contributed by atoms with Gasteiger partial charge in [0.2, 0.25) is 11.8 Å². The average molecular weight is 350 g/mol. The number of rotatable bonds is 5. The van der Waals surface area contributed by atoms with Crippen molar-refractivity contribution in [1.82, 2.24) is 24.5 Å². The highest BCUT2D eigenvalue weighted by Gasteiger charge is 2.25. The van der Waals surface area contributed by atoms with Crippen LogP contribution in [0.15, 0.2) is 49.2 Å². The third kappa shape index (κ3) is 3.51. The molecule has 0 N–H and O–H groups in total. The smallest absolute Gasteiger partial charge is 0.228 e. The molecule has 4 rings (SSSR count). The molecule has 1 aliphatic rings. The van der Waals surface area contributed by atoms with Crippen molar-refractivity contribution in [3.05, 3.63) is 60.6 Å². The number of hydrogen-bond acceptors (Lipinski definition) is 6. The summed E-state index contributed by atoms with van der Waals surface area (Å²) in [4.78, 5) is 19.9. The van der Waals surface area contributed by atoms with Crippen molar-refractivity contribution in [2.75, 3.05) is 25.1 Å². The third-order valence-corrected chi connectivity index (χ3v) is 4.79. The Morgan fingerprint density at radius 2 is 2.00 bits per heavy atom. The zero-order valence-corrected chi connectivity index (χ0v) is 14.8. The molecular weight excluding hydrogens is 328 g/mol. The Bertz CT molecular complexity index is 842. The molecule has 1 fully saturated rings. The number of ether oxygens (including phenoxy) is 1. The number of anilines is 1. The van der Waals surface area contributed by atoms with Gasteiger partial charge in [-0.15, -0.1) is 0 Å². The van der Waals surface area contributed by atoms with Gasteiger partial charge in [-0.1, -0.05) is 6.07 Å². The molecule has 0 aromatic carbocycles. The number of piperidine rings is 1. The van der Waals surface area contributed by atoms with Gasteiger partial charge in [-0.05, 0) is 24.5 Å². The zero-order valence-electron chi connectivity index (χ0n) is 14.8. The van der Waals surface area contributed by atoms with Crippen molar-refractivity contribution < 1.29 is 4.74 Å². The zero-order chi connectivity index (χ0) is 17.8. The maximum Gasteiger partial charge on any atom is 0.228 e. The lowest BCUT2D eigenvalue weighted by Crippen LogP contribution is -2.34. The van der Waals surface area contributed by atoms with Crippen molar-refractivity contribution in [3.63, 3.8) is 0 Å². The first kappa shape index (κ1) is 16.5. The van der Waals surface area contributed by atoms with Crippen molar-refractivity contribution in [2.24, 2.45) is 0 Å². The van der Waals surface area contributed by atoms with E-state index in [1.54, 1.807) is 25.6 Å². The van der Waals surface area contributed by atoms with Crippen molar-refractivity contribution in [1.29, 1.82) is 0 Å². The van der Waals surface area contributed by atoms with Crippen molar-refractivity contribution >= 4 is 5.95 Å². The fourth-order valence-corrected chi connectivity index (χ4v) is 3.44. The van der Waals surface area contributed by atoms with E-state index < -0.39 is 0 Å². The molecule has 1 saturated heterocycles. The fraction of sp³-hybridized carbons (Fsp3) is 0.368. The summed E-state index contributed by atoms with van der Waals surface area (Å²) in [5.41, 5.74) is 1.19. The van der Waals surface area contributed by atoms with Gasteiger partial charge in [0.25, 0.3) is 0 Å². The molecule has 0 unspecified atom stereocenters. The van der Waals surface area contributed by atoms with Gasteiger partial charge in [0, 0.05) is 56.1 Å². The molecule has 0 bridgehead atoms. The molecule has 1 aliphatic heterocycles. The molecule has 134 valence electrons. The summed E-state index contributed by atoms with van der Waals surface area (Å²) >= 11 is 0. The number of methoxy groups -OCH3 is 1. The monoisotopic (exact) mass is 350 g/mol. The van der Waals surface area contributed by atoms with Gasteiger partial charge < -0.3 is 14.2 Å². The van der Waals surface area contributed by atoms with Crippen LogP contribution in [0.1, 0.15) is 30.1 Å². The van der Waals surface area contributed by atoms with Crippen LogP contribution in [0.4, 0.5) is 5.95 Å². The lowest BCUT2D eigenvalue weighted by atomic mass is 9.96. The minimum absolute atomic E-state index is 0.448.